The molecule has 8 heteroatoms. The number of rotatable bonds is 9. The third-order valence-electron chi connectivity index (χ3n) is 4.43. The van der Waals surface area contributed by atoms with Crippen molar-refractivity contribution in [2.45, 2.75) is 26.3 Å². The van der Waals surface area contributed by atoms with E-state index in [4.69, 9.17) is 16.3 Å². The second-order valence-corrected chi connectivity index (χ2v) is 8.06. The minimum absolute atomic E-state index is 0.317. The van der Waals surface area contributed by atoms with E-state index in [2.05, 4.69) is 43.4 Å². The molecule has 29 heavy (non-hydrogen) atoms. The van der Waals surface area contributed by atoms with Gasteiger partial charge in [0.05, 0.1) is 6.61 Å². The van der Waals surface area contributed by atoms with Crippen molar-refractivity contribution in [3.05, 3.63) is 79.8 Å². The first-order valence-electron chi connectivity index (χ1n) is 9.31. The monoisotopic (exact) mass is 476 g/mol. The predicted molar refractivity (Wildman–Crippen MR) is 119 cm³/mol. The van der Waals surface area contributed by atoms with Crippen molar-refractivity contribution in [2.24, 2.45) is 5.92 Å². The Hall–Kier alpha value is -2.38. The van der Waals surface area contributed by atoms with E-state index in [1.54, 1.807) is 12.4 Å². The Labute approximate surface area is 182 Å². The minimum atomic E-state index is -0.317. The van der Waals surface area contributed by atoms with Crippen LogP contribution in [0.1, 0.15) is 24.5 Å². The average Bonchev–Trinajstić information content (AvgIpc) is 2.72. The van der Waals surface area contributed by atoms with Crippen molar-refractivity contribution in [3.63, 3.8) is 0 Å². The van der Waals surface area contributed by atoms with Crippen molar-refractivity contribution >= 4 is 33.2 Å². The van der Waals surface area contributed by atoms with Gasteiger partial charge in [-0.05, 0) is 64.0 Å². The lowest BCUT2D eigenvalue weighted by atomic mass is 9.99. The summed E-state index contributed by atoms with van der Waals surface area (Å²) in [4.78, 5) is 16.0. The van der Waals surface area contributed by atoms with E-state index in [0.717, 1.165) is 23.4 Å². The fourth-order valence-corrected chi connectivity index (χ4v) is 3.37. The SMILES string of the molecule is CC(CCOc1n[nH]c(=O)c(Br)c1NCc1cccnc1)Cc1ccc(Cl)cc1. The van der Waals surface area contributed by atoms with E-state index >= 15 is 0 Å². The summed E-state index contributed by atoms with van der Waals surface area (Å²) in [6.45, 7) is 3.17. The van der Waals surface area contributed by atoms with Gasteiger partial charge in [-0.15, -0.1) is 5.10 Å². The summed E-state index contributed by atoms with van der Waals surface area (Å²) < 4.78 is 6.24. The molecular formula is C21H22BrClN4O2. The fourth-order valence-electron chi connectivity index (χ4n) is 2.85. The van der Waals surface area contributed by atoms with Crippen LogP contribution in [-0.4, -0.2) is 21.8 Å². The van der Waals surface area contributed by atoms with E-state index in [1.165, 1.54) is 5.56 Å². The Morgan fingerprint density at radius 3 is 2.76 bits per heavy atom. The average molecular weight is 478 g/mol. The Morgan fingerprint density at radius 2 is 2.03 bits per heavy atom. The predicted octanol–water partition coefficient (Wildman–Crippen LogP) is 4.84. The maximum atomic E-state index is 11.9. The molecule has 3 rings (SSSR count). The third kappa shape index (κ3) is 6.30. The molecule has 0 spiro atoms. The van der Waals surface area contributed by atoms with E-state index in [-0.39, 0.29) is 5.56 Å². The zero-order valence-electron chi connectivity index (χ0n) is 16.0. The highest BCUT2D eigenvalue weighted by Crippen LogP contribution is 2.28. The van der Waals surface area contributed by atoms with Gasteiger partial charge >= 0.3 is 0 Å². The van der Waals surface area contributed by atoms with E-state index < -0.39 is 0 Å². The molecule has 0 fully saturated rings. The smallest absolute Gasteiger partial charge is 0.280 e. The highest BCUT2D eigenvalue weighted by molar-refractivity contribution is 9.10. The van der Waals surface area contributed by atoms with Gasteiger partial charge in [0, 0.05) is 24.0 Å². The molecule has 2 aromatic heterocycles. The molecule has 0 aliphatic heterocycles. The van der Waals surface area contributed by atoms with Crippen LogP contribution in [0.4, 0.5) is 5.69 Å². The Kier molecular flexibility index (Phi) is 7.66. The number of hydrogen-bond donors (Lipinski definition) is 2. The van der Waals surface area contributed by atoms with Crippen LogP contribution in [0.5, 0.6) is 5.88 Å². The van der Waals surface area contributed by atoms with Crippen LogP contribution in [0.15, 0.2) is 58.1 Å². The van der Waals surface area contributed by atoms with E-state index in [1.807, 2.05) is 36.4 Å². The molecule has 0 saturated carbocycles. The number of H-pyrrole nitrogens is 1. The number of benzene rings is 1. The van der Waals surface area contributed by atoms with E-state index in [9.17, 15) is 4.79 Å². The number of ether oxygens (including phenoxy) is 1. The Balaban J connectivity index is 1.59. The van der Waals surface area contributed by atoms with Gasteiger partial charge in [0.1, 0.15) is 10.2 Å². The molecule has 0 saturated heterocycles. The molecule has 0 bridgehead atoms. The van der Waals surface area contributed by atoms with Gasteiger partial charge in [-0.2, -0.15) is 0 Å². The number of hydrogen-bond acceptors (Lipinski definition) is 5. The first kappa shape index (κ1) is 21.3. The molecular weight excluding hydrogens is 456 g/mol. The molecule has 6 nitrogen and oxygen atoms in total. The Bertz CT molecular complexity index is 980. The standard InChI is InChI=1S/C21H22BrClN4O2/c1-14(11-15-4-6-17(23)7-5-15)8-10-29-21-19(18(22)20(28)26-27-21)25-13-16-3-2-9-24-12-16/h2-7,9,12,14H,8,10-11,13H2,1H3,(H2,25,26,28). The maximum absolute atomic E-state index is 11.9. The molecule has 1 unspecified atom stereocenters. The minimum Gasteiger partial charge on any atom is -0.475 e. The van der Waals surface area contributed by atoms with Crippen molar-refractivity contribution in [2.75, 3.05) is 11.9 Å². The van der Waals surface area contributed by atoms with Crippen LogP contribution in [0.2, 0.25) is 5.02 Å². The molecule has 1 atom stereocenters. The van der Waals surface area contributed by atoms with Gasteiger partial charge in [0.25, 0.3) is 11.4 Å². The summed E-state index contributed by atoms with van der Waals surface area (Å²) >= 11 is 9.26. The molecule has 0 radical (unpaired) electrons. The summed E-state index contributed by atoms with van der Waals surface area (Å²) in [6.07, 6.45) is 5.27. The number of halogens is 2. The molecule has 0 amide bonds. The normalized spacial score (nSPS) is 11.8. The highest BCUT2D eigenvalue weighted by atomic mass is 79.9. The zero-order chi connectivity index (χ0) is 20.6. The van der Waals surface area contributed by atoms with Gasteiger partial charge < -0.3 is 10.1 Å². The lowest BCUT2D eigenvalue weighted by molar-refractivity contribution is 0.272. The zero-order valence-corrected chi connectivity index (χ0v) is 18.3. The van der Waals surface area contributed by atoms with Gasteiger partial charge in [-0.1, -0.05) is 36.7 Å². The number of anilines is 1. The fraction of sp³-hybridized carbons (Fsp3) is 0.286. The second-order valence-electron chi connectivity index (χ2n) is 6.83. The topological polar surface area (TPSA) is 79.9 Å². The summed E-state index contributed by atoms with van der Waals surface area (Å²) in [5.41, 5.74) is 2.44. The van der Waals surface area contributed by atoms with Crippen LogP contribution in [0, 0.1) is 5.92 Å². The number of aromatic nitrogens is 3. The molecule has 1 aromatic carbocycles. The number of aromatic amines is 1. The number of nitrogens with one attached hydrogen (secondary N) is 2. The third-order valence-corrected chi connectivity index (χ3v) is 5.44. The van der Waals surface area contributed by atoms with Crippen LogP contribution in [0.3, 0.4) is 0 Å². The molecule has 2 N–H and O–H groups in total. The number of nitrogens with zero attached hydrogens (tertiary/aromatic N) is 2. The molecule has 2 heterocycles. The van der Waals surface area contributed by atoms with E-state index in [0.29, 0.717) is 35.1 Å². The number of pyridine rings is 1. The molecule has 3 aromatic rings. The van der Waals surface area contributed by atoms with Crippen molar-refractivity contribution in [1.29, 1.82) is 0 Å². The lowest BCUT2D eigenvalue weighted by Gasteiger charge is -2.15. The molecule has 0 aliphatic carbocycles. The summed E-state index contributed by atoms with van der Waals surface area (Å²) in [6, 6.07) is 11.7. The van der Waals surface area contributed by atoms with Crippen molar-refractivity contribution in [1.82, 2.24) is 15.2 Å². The van der Waals surface area contributed by atoms with Gasteiger partial charge in [0.2, 0.25) is 0 Å². The van der Waals surface area contributed by atoms with Crippen LogP contribution in [-0.2, 0) is 13.0 Å². The Morgan fingerprint density at radius 1 is 1.24 bits per heavy atom. The van der Waals surface area contributed by atoms with Gasteiger partial charge in [-0.3, -0.25) is 9.78 Å². The van der Waals surface area contributed by atoms with Crippen molar-refractivity contribution < 1.29 is 4.74 Å². The maximum Gasteiger partial charge on any atom is 0.280 e. The van der Waals surface area contributed by atoms with Crippen LogP contribution in [0.25, 0.3) is 0 Å². The largest absolute Gasteiger partial charge is 0.475 e. The quantitative estimate of drug-likeness (QED) is 0.461. The van der Waals surface area contributed by atoms with Gasteiger partial charge in [0.15, 0.2) is 0 Å². The summed E-state index contributed by atoms with van der Waals surface area (Å²) in [5.74, 6) is 0.785. The van der Waals surface area contributed by atoms with Crippen LogP contribution >= 0.6 is 27.5 Å². The summed E-state index contributed by atoms with van der Waals surface area (Å²) in [5, 5.41) is 10.5. The van der Waals surface area contributed by atoms with Crippen molar-refractivity contribution in [3.8, 4) is 5.88 Å². The first-order valence-corrected chi connectivity index (χ1v) is 10.5. The first-order chi connectivity index (χ1) is 14.0. The second kappa shape index (κ2) is 10.4. The lowest BCUT2D eigenvalue weighted by Crippen LogP contribution is -2.16. The van der Waals surface area contributed by atoms with Gasteiger partial charge in [-0.25, -0.2) is 5.10 Å². The molecule has 0 aliphatic rings. The van der Waals surface area contributed by atoms with Crippen LogP contribution < -0.4 is 15.6 Å². The highest BCUT2D eigenvalue weighted by Gasteiger charge is 2.14. The molecule has 152 valence electrons. The summed E-state index contributed by atoms with van der Waals surface area (Å²) in [7, 11) is 0.